The minimum absolute atomic E-state index is 0.0990. The molecule has 33 heavy (non-hydrogen) atoms. The molecule has 4 rings (SSSR count). The van der Waals surface area contributed by atoms with E-state index in [4.69, 9.17) is 20.9 Å². The summed E-state index contributed by atoms with van der Waals surface area (Å²) in [6, 6.07) is 12.0. The number of hydrogen-bond donors (Lipinski definition) is 1. The molecule has 170 valence electrons. The average Bonchev–Trinajstić information content (AvgIpc) is 3.32. The summed E-state index contributed by atoms with van der Waals surface area (Å²) >= 11 is 6.26. The van der Waals surface area contributed by atoms with Crippen molar-refractivity contribution in [2.75, 3.05) is 5.32 Å². The van der Waals surface area contributed by atoms with Gasteiger partial charge in [-0.15, -0.1) is 0 Å². The SMILES string of the molecule is Cc1ccc(C)c(OCc2c(C(=O)Nc3nn(Cc4ccc(F)cc4)cc3Cl)noc2C)c1. The topological polar surface area (TPSA) is 82.2 Å². The maximum absolute atomic E-state index is 13.1. The van der Waals surface area contributed by atoms with Crippen LogP contribution in [0.5, 0.6) is 5.75 Å². The molecule has 0 unspecified atom stereocenters. The third kappa shape index (κ3) is 5.23. The summed E-state index contributed by atoms with van der Waals surface area (Å²) in [6.45, 7) is 6.14. The lowest BCUT2D eigenvalue weighted by atomic mass is 10.1. The van der Waals surface area contributed by atoms with Crippen molar-refractivity contribution in [1.82, 2.24) is 14.9 Å². The van der Waals surface area contributed by atoms with E-state index in [1.165, 1.54) is 12.1 Å². The van der Waals surface area contributed by atoms with E-state index in [0.29, 0.717) is 17.9 Å². The van der Waals surface area contributed by atoms with Crippen molar-refractivity contribution in [2.45, 2.75) is 33.9 Å². The van der Waals surface area contributed by atoms with Gasteiger partial charge in [-0.1, -0.05) is 41.0 Å². The predicted molar refractivity (Wildman–Crippen MR) is 122 cm³/mol. The Kier molecular flexibility index (Phi) is 6.46. The normalized spacial score (nSPS) is 10.9. The van der Waals surface area contributed by atoms with Crippen LogP contribution >= 0.6 is 11.6 Å². The Hall–Kier alpha value is -3.65. The lowest BCUT2D eigenvalue weighted by Gasteiger charge is -2.10. The first-order chi connectivity index (χ1) is 15.8. The summed E-state index contributed by atoms with van der Waals surface area (Å²) < 4.78 is 25.8. The Labute approximate surface area is 195 Å². The smallest absolute Gasteiger partial charge is 0.279 e. The second kappa shape index (κ2) is 9.46. The van der Waals surface area contributed by atoms with Gasteiger partial charge in [0.2, 0.25) is 0 Å². The van der Waals surface area contributed by atoms with E-state index in [9.17, 15) is 9.18 Å². The third-order valence-corrected chi connectivity index (χ3v) is 5.40. The number of amides is 1. The van der Waals surface area contributed by atoms with Crippen molar-refractivity contribution in [3.63, 3.8) is 0 Å². The van der Waals surface area contributed by atoms with Crippen LogP contribution in [0.2, 0.25) is 5.02 Å². The van der Waals surface area contributed by atoms with Gasteiger partial charge in [-0.2, -0.15) is 5.10 Å². The van der Waals surface area contributed by atoms with E-state index in [2.05, 4.69) is 15.6 Å². The zero-order chi connectivity index (χ0) is 23.5. The molecule has 0 saturated heterocycles. The van der Waals surface area contributed by atoms with E-state index in [-0.39, 0.29) is 29.0 Å². The number of ether oxygens (including phenoxy) is 1. The van der Waals surface area contributed by atoms with Gasteiger partial charge in [0.05, 0.1) is 12.1 Å². The monoisotopic (exact) mass is 468 g/mol. The number of benzene rings is 2. The van der Waals surface area contributed by atoms with E-state index in [1.54, 1.807) is 29.9 Å². The second-order valence-corrected chi connectivity index (χ2v) is 8.13. The lowest BCUT2D eigenvalue weighted by Crippen LogP contribution is -2.16. The van der Waals surface area contributed by atoms with Gasteiger partial charge in [-0.25, -0.2) is 4.39 Å². The molecule has 0 radical (unpaired) electrons. The molecule has 0 aliphatic rings. The molecule has 2 aromatic carbocycles. The highest BCUT2D eigenvalue weighted by Crippen LogP contribution is 2.24. The summed E-state index contributed by atoms with van der Waals surface area (Å²) in [4.78, 5) is 12.9. The van der Waals surface area contributed by atoms with Gasteiger partial charge >= 0.3 is 0 Å². The first-order valence-corrected chi connectivity index (χ1v) is 10.6. The molecule has 0 saturated carbocycles. The lowest BCUT2D eigenvalue weighted by molar-refractivity contribution is 0.101. The van der Waals surface area contributed by atoms with Crippen molar-refractivity contribution >= 4 is 23.3 Å². The molecule has 2 aromatic heterocycles. The van der Waals surface area contributed by atoms with Crippen LogP contribution in [-0.4, -0.2) is 20.8 Å². The van der Waals surface area contributed by atoms with Gasteiger partial charge in [0, 0.05) is 6.20 Å². The second-order valence-electron chi connectivity index (χ2n) is 7.73. The first kappa shape index (κ1) is 22.5. The number of aromatic nitrogens is 3. The fourth-order valence-corrected chi connectivity index (χ4v) is 3.46. The predicted octanol–water partition coefficient (Wildman–Crippen LogP) is 5.47. The minimum Gasteiger partial charge on any atom is -0.488 e. The van der Waals surface area contributed by atoms with Gasteiger partial charge < -0.3 is 14.6 Å². The highest BCUT2D eigenvalue weighted by molar-refractivity contribution is 6.33. The van der Waals surface area contributed by atoms with Gasteiger partial charge in [0.15, 0.2) is 11.5 Å². The van der Waals surface area contributed by atoms with E-state index in [0.717, 1.165) is 22.4 Å². The number of hydrogen-bond acceptors (Lipinski definition) is 5. The summed E-state index contributed by atoms with van der Waals surface area (Å²) in [5.74, 6) is 0.569. The van der Waals surface area contributed by atoms with Crippen molar-refractivity contribution in [3.8, 4) is 5.75 Å². The Balaban J connectivity index is 1.47. The maximum atomic E-state index is 13.1. The van der Waals surface area contributed by atoms with Crippen LogP contribution in [0.15, 0.2) is 53.2 Å². The molecule has 1 amide bonds. The zero-order valence-corrected chi connectivity index (χ0v) is 19.1. The zero-order valence-electron chi connectivity index (χ0n) is 18.4. The fraction of sp³-hybridized carbons (Fsp3) is 0.208. The Morgan fingerprint density at radius 1 is 1.18 bits per heavy atom. The van der Waals surface area contributed by atoms with Crippen LogP contribution in [-0.2, 0) is 13.2 Å². The largest absolute Gasteiger partial charge is 0.488 e. The number of rotatable bonds is 7. The van der Waals surface area contributed by atoms with Crippen LogP contribution in [0, 0.1) is 26.6 Å². The fourth-order valence-electron chi connectivity index (χ4n) is 3.26. The molecule has 0 aliphatic carbocycles. The minimum atomic E-state index is -0.514. The van der Waals surface area contributed by atoms with Gasteiger partial charge in [-0.05, 0) is 55.7 Å². The standard InChI is InChI=1S/C24H22ClFN4O3/c1-14-4-5-15(2)21(10-14)32-13-19-16(3)33-29-22(19)24(31)27-23-20(25)12-30(28-23)11-17-6-8-18(26)9-7-17/h4-10,12H,11,13H2,1-3H3,(H,27,28,31). The van der Waals surface area contributed by atoms with Crippen LogP contribution in [0.4, 0.5) is 10.2 Å². The molecule has 9 heteroatoms. The molecule has 0 spiro atoms. The Morgan fingerprint density at radius 3 is 2.70 bits per heavy atom. The number of halogens is 2. The summed E-state index contributed by atoms with van der Waals surface area (Å²) in [6.07, 6.45) is 1.58. The van der Waals surface area contributed by atoms with Crippen LogP contribution < -0.4 is 10.1 Å². The quantitative estimate of drug-likeness (QED) is 0.389. The summed E-state index contributed by atoms with van der Waals surface area (Å²) in [5.41, 5.74) is 3.53. The maximum Gasteiger partial charge on any atom is 0.279 e. The van der Waals surface area contributed by atoms with Gasteiger partial charge in [0.25, 0.3) is 5.91 Å². The van der Waals surface area contributed by atoms with E-state index in [1.807, 2.05) is 32.0 Å². The molecule has 2 heterocycles. The van der Waals surface area contributed by atoms with Crippen molar-refractivity contribution in [3.05, 3.63) is 93.2 Å². The third-order valence-electron chi connectivity index (χ3n) is 5.12. The van der Waals surface area contributed by atoms with Crippen LogP contribution in [0.1, 0.15) is 38.5 Å². The van der Waals surface area contributed by atoms with Crippen molar-refractivity contribution < 1.29 is 18.4 Å². The number of nitrogens with zero attached hydrogens (tertiary/aromatic N) is 3. The molecule has 4 aromatic rings. The number of anilines is 1. The highest BCUT2D eigenvalue weighted by atomic mass is 35.5. The molecule has 0 atom stereocenters. The molecule has 0 bridgehead atoms. The number of nitrogens with one attached hydrogen (secondary N) is 1. The van der Waals surface area contributed by atoms with Gasteiger partial charge in [0.1, 0.15) is 29.0 Å². The molecular weight excluding hydrogens is 447 g/mol. The van der Waals surface area contributed by atoms with Crippen molar-refractivity contribution in [2.24, 2.45) is 0 Å². The van der Waals surface area contributed by atoms with Crippen molar-refractivity contribution in [1.29, 1.82) is 0 Å². The summed E-state index contributed by atoms with van der Waals surface area (Å²) in [7, 11) is 0. The molecular formula is C24H22ClFN4O3. The Bertz CT molecular complexity index is 1300. The number of carbonyl (C=O) groups is 1. The van der Waals surface area contributed by atoms with E-state index < -0.39 is 5.91 Å². The average molecular weight is 469 g/mol. The molecule has 0 aliphatic heterocycles. The highest BCUT2D eigenvalue weighted by Gasteiger charge is 2.22. The van der Waals surface area contributed by atoms with Gasteiger partial charge in [-0.3, -0.25) is 9.48 Å². The molecule has 7 nitrogen and oxygen atoms in total. The molecule has 1 N–H and O–H groups in total. The van der Waals surface area contributed by atoms with E-state index >= 15 is 0 Å². The number of carbonyl (C=O) groups excluding carboxylic acids is 1. The Morgan fingerprint density at radius 2 is 1.94 bits per heavy atom. The van der Waals surface area contributed by atoms with Crippen LogP contribution in [0.25, 0.3) is 0 Å². The summed E-state index contributed by atoms with van der Waals surface area (Å²) in [5, 5.41) is 11.1. The van der Waals surface area contributed by atoms with Crippen LogP contribution in [0.3, 0.4) is 0 Å². The molecule has 0 fully saturated rings. The first-order valence-electron chi connectivity index (χ1n) is 10.2. The number of aryl methyl sites for hydroxylation is 3.